The maximum atomic E-state index is 13.6. The van der Waals surface area contributed by atoms with Gasteiger partial charge in [0, 0.05) is 42.2 Å². The fourth-order valence-corrected chi connectivity index (χ4v) is 6.52. The van der Waals surface area contributed by atoms with Crippen molar-refractivity contribution in [3.8, 4) is 11.8 Å². The Bertz CT molecular complexity index is 1490. The zero-order chi connectivity index (χ0) is 28.1. The van der Waals surface area contributed by atoms with Gasteiger partial charge in [0.05, 0.1) is 23.8 Å². The summed E-state index contributed by atoms with van der Waals surface area (Å²) in [6.07, 6.45) is 7.43. The van der Waals surface area contributed by atoms with Crippen LogP contribution in [0.3, 0.4) is 0 Å². The van der Waals surface area contributed by atoms with E-state index in [4.69, 9.17) is 9.72 Å². The number of pyridine rings is 1. The molecule has 0 bridgehead atoms. The second-order valence-electron chi connectivity index (χ2n) is 12.8. The number of rotatable bonds is 8. The number of aryl methyl sites for hydroxylation is 1. The van der Waals surface area contributed by atoms with E-state index in [1.807, 2.05) is 35.9 Å². The van der Waals surface area contributed by atoms with Gasteiger partial charge in [0.2, 0.25) is 0 Å². The first kappa shape index (κ1) is 26.5. The summed E-state index contributed by atoms with van der Waals surface area (Å²) < 4.78 is 8.04. The first-order valence-electron chi connectivity index (χ1n) is 14.2. The molecule has 2 aromatic heterocycles. The molecule has 0 unspecified atom stereocenters. The van der Waals surface area contributed by atoms with Crippen LogP contribution in [0.1, 0.15) is 92.4 Å². The highest BCUT2D eigenvalue weighted by molar-refractivity contribution is 6.03. The Hall–Kier alpha value is -3.77. The summed E-state index contributed by atoms with van der Waals surface area (Å²) in [7, 11) is 1.95. The highest BCUT2D eigenvalue weighted by Crippen LogP contribution is 2.53. The van der Waals surface area contributed by atoms with E-state index < -0.39 is 0 Å². The normalized spacial score (nSPS) is 23.7. The van der Waals surface area contributed by atoms with Crippen molar-refractivity contribution in [3.63, 3.8) is 0 Å². The van der Waals surface area contributed by atoms with Crippen molar-refractivity contribution in [1.29, 1.82) is 5.26 Å². The Balaban J connectivity index is 1.28. The lowest BCUT2D eigenvalue weighted by molar-refractivity contribution is 0.102. The van der Waals surface area contributed by atoms with E-state index >= 15 is 0 Å². The first-order valence-corrected chi connectivity index (χ1v) is 14.2. The molecule has 1 aromatic carbocycles. The molecule has 40 heavy (non-hydrogen) atoms. The SMILES string of the molecule is Cn1cnnc1C1(c2cccc(NC(=O)c3cc(CNC4(C)CCC4)c4c(n3)C(C)(C)CO4)c2)CC(CC#N)C1. The Labute approximate surface area is 235 Å². The number of nitrogens with one attached hydrogen (secondary N) is 2. The van der Waals surface area contributed by atoms with Gasteiger partial charge in [-0.05, 0) is 68.7 Å². The summed E-state index contributed by atoms with van der Waals surface area (Å²) in [5.74, 6) is 1.75. The predicted octanol–water partition coefficient (Wildman–Crippen LogP) is 4.77. The van der Waals surface area contributed by atoms with Crippen LogP contribution >= 0.6 is 0 Å². The van der Waals surface area contributed by atoms with Gasteiger partial charge in [0.15, 0.2) is 0 Å². The van der Waals surface area contributed by atoms with Crippen LogP contribution < -0.4 is 15.4 Å². The molecule has 208 valence electrons. The van der Waals surface area contributed by atoms with Crippen LogP contribution in [0, 0.1) is 17.2 Å². The first-order chi connectivity index (χ1) is 19.1. The molecule has 9 heteroatoms. The third kappa shape index (κ3) is 4.54. The molecule has 2 N–H and O–H groups in total. The van der Waals surface area contributed by atoms with Gasteiger partial charge in [0.25, 0.3) is 5.91 Å². The van der Waals surface area contributed by atoms with E-state index in [-0.39, 0.29) is 22.3 Å². The van der Waals surface area contributed by atoms with E-state index in [9.17, 15) is 10.1 Å². The molecule has 9 nitrogen and oxygen atoms in total. The number of fused-ring (bicyclic) bond motifs is 1. The fourth-order valence-electron chi connectivity index (χ4n) is 6.52. The topological polar surface area (TPSA) is 118 Å². The van der Waals surface area contributed by atoms with Crippen LogP contribution in [0.5, 0.6) is 5.75 Å². The highest BCUT2D eigenvalue weighted by Gasteiger charge is 2.49. The molecule has 2 fully saturated rings. The Morgan fingerprint density at radius 2 is 2.02 bits per heavy atom. The molecule has 3 aromatic rings. The van der Waals surface area contributed by atoms with Crippen molar-refractivity contribution < 1.29 is 9.53 Å². The molecule has 0 atom stereocenters. The molecule has 6 rings (SSSR count). The van der Waals surface area contributed by atoms with E-state index in [1.165, 1.54) is 6.42 Å². The van der Waals surface area contributed by atoms with Crippen LogP contribution in [0.25, 0.3) is 0 Å². The van der Waals surface area contributed by atoms with Crippen molar-refractivity contribution in [2.75, 3.05) is 11.9 Å². The highest BCUT2D eigenvalue weighted by atomic mass is 16.5. The lowest BCUT2D eigenvalue weighted by atomic mass is 9.57. The van der Waals surface area contributed by atoms with Crippen molar-refractivity contribution >= 4 is 11.6 Å². The molecule has 3 aliphatic rings. The number of ether oxygens (including phenoxy) is 1. The smallest absolute Gasteiger partial charge is 0.274 e. The molecule has 0 spiro atoms. The maximum absolute atomic E-state index is 13.6. The van der Waals surface area contributed by atoms with Gasteiger partial charge < -0.3 is 19.9 Å². The van der Waals surface area contributed by atoms with Crippen molar-refractivity contribution in [3.05, 3.63) is 65.0 Å². The summed E-state index contributed by atoms with van der Waals surface area (Å²) in [4.78, 5) is 18.4. The fraction of sp³-hybridized carbons (Fsp3) is 0.516. The van der Waals surface area contributed by atoms with Gasteiger partial charge in [-0.1, -0.05) is 26.0 Å². The van der Waals surface area contributed by atoms with Crippen LogP contribution in [0.15, 0.2) is 36.7 Å². The lowest BCUT2D eigenvalue weighted by Crippen LogP contribution is -2.47. The van der Waals surface area contributed by atoms with Gasteiger partial charge in [0.1, 0.15) is 23.6 Å². The summed E-state index contributed by atoms with van der Waals surface area (Å²) in [5, 5.41) is 24.6. The van der Waals surface area contributed by atoms with Gasteiger partial charge in [-0.25, -0.2) is 4.98 Å². The van der Waals surface area contributed by atoms with E-state index in [1.54, 1.807) is 6.33 Å². The molecule has 1 amide bonds. The Morgan fingerprint density at radius 1 is 1.23 bits per heavy atom. The number of nitriles is 1. The van der Waals surface area contributed by atoms with E-state index in [2.05, 4.69) is 53.7 Å². The summed E-state index contributed by atoms with van der Waals surface area (Å²) in [6, 6.07) is 12.1. The Kier molecular flexibility index (Phi) is 6.42. The zero-order valence-electron chi connectivity index (χ0n) is 23.8. The minimum Gasteiger partial charge on any atom is -0.490 e. The molecule has 1 aliphatic heterocycles. The molecular formula is C31H37N7O2. The van der Waals surface area contributed by atoms with Crippen LogP contribution in [-0.2, 0) is 24.4 Å². The van der Waals surface area contributed by atoms with Crippen molar-refractivity contribution in [2.24, 2.45) is 13.0 Å². The number of nitrogens with zero attached hydrogens (tertiary/aromatic N) is 5. The molecule has 2 aliphatic carbocycles. The maximum Gasteiger partial charge on any atom is 0.274 e. The Morgan fingerprint density at radius 3 is 2.70 bits per heavy atom. The number of benzene rings is 1. The van der Waals surface area contributed by atoms with Crippen LogP contribution in [-0.4, -0.2) is 37.8 Å². The van der Waals surface area contributed by atoms with Crippen LogP contribution in [0.4, 0.5) is 5.69 Å². The number of carbonyl (C=O) groups excluding carboxylic acids is 1. The quantitative estimate of drug-likeness (QED) is 0.423. The van der Waals surface area contributed by atoms with Crippen molar-refractivity contribution in [2.45, 2.75) is 82.2 Å². The van der Waals surface area contributed by atoms with Crippen LogP contribution in [0.2, 0.25) is 0 Å². The zero-order valence-corrected chi connectivity index (χ0v) is 23.8. The van der Waals surface area contributed by atoms with Crippen molar-refractivity contribution in [1.82, 2.24) is 25.1 Å². The number of hydrogen-bond donors (Lipinski definition) is 2. The molecular weight excluding hydrogens is 502 g/mol. The van der Waals surface area contributed by atoms with Gasteiger partial charge in [-0.3, -0.25) is 4.79 Å². The molecule has 0 saturated heterocycles. The molecule has 0 radical (unpaired) electrons. The summed E-state index contributed by atoms with van der Waals surface area (Å²) >= 11 is 0. The van der Waals surface area contributed by atoms with Gasteiger partial charge in [-0.15, -0.1) is 10.2 Å². The van der Waals surface area contributed by atoms with E-state index in [0.717, 1.165) is 54.1 Å². The minimum absolute atomic E-state index is 0.138. The second kappa shape index (κ2) is 9.70. The second-order valence-corrected chi connectivity index (χ2v) is 12.8. The number of amides is 1. The average Bonchev–Trinajstić information content (AvgIpc) is 3.45. The largest absolute Gasteiger partial charge is 0.490 e. The predicted molar refractivity (Wildman–Crippen MR) is 151 cm³/mol. The van der Waals surface area contributed by atoms with Gasteiger partial charge >= 0.3 is 0 Å². The number of aromatic nitrogens is 4. The third-order valence-corrected chi connectivity index (χ3v) is 9.13. The molecule has 3 heterocycles. The number of anilines is 1. The van der Waals surface area contributed by atoms with E-state index in [0.29, 0.717) is 36.9 Å². The lowest BCUT2D eigenvalue weighted by Gasteiger charge is -2.46. The standard InChI is InChI=1S/C31H37N7O2/c1-29(2)18-40-25-21(17-33-30(3)10-6-11-30)13-24(36-26(25)29)27(39)35-23-8-5-7-22(14-23)31(15-20(16-31)9-12-32)28-37-34-19-38(28)4/h5,7-8,13-14,19-20,33H,6,9-11,15-18H2,1-4H3,(H,35,39). The summed E-state index contributed by atoms with van der Waals surface area (Å²) in [6.45, 7) is 7.64. The van der Waals surface area contributed by atoms with Gasteiger partial charge in [-0.2, -0.15) is 5.26 Å². The average molecular weight is 540 g/mol. The minimum atomic E-state index is -0.336. The third-order valence-electron chi connectivity index (χ3n) is 9.13. The number of carbonyl (C=O) groups is 1. The monoisotopic (exact) mass is 539 g/mol. The molecule has 2 saturated carbocycles. The number of hydrogen-bond acceptors (Lipinski definition) is 7. The summed E-state index contributed by atoms with van der Waals surface area (Å²) in [5.41, 5.74) is 3.49.